The average molecular weight is 299 g/mol. The van der Waals surface area contributed by atoms with Gasteiger partial charge in [-0.2, -0.15) is 0 Å². The summed E-state index contributed by atoms with van der Waals surface area (Å²) in [5.41, 5.74) is 2.95. The lowest BCUT2D eigenvalue weighted by molar-refractivity contribution is 0.191. The number of hydrogen-bond acceptors (Lipinski definition) is 3. The second-order valence-corrected chi connectivity index (χ2v) is 5.81. The van der Waals surface area contributed by atoms with Crippen molar-refractivity contribution in [2.45, 2.75) is 45.8 Å². The van der Waals surface area contributed by atoms with Crippen LogP contribution in [0.3, 0.4) is 0 Å². The highest BCUT2D eigenvalue weighted by molar-refractivity contribution is 5.75. The molecule has 3 rings (SSSR count). The van der Waals surface area contributed by atoms with Crippen LogP contribution < -0.4 is 5.32 Å². The van der Waals surface area contributed by atoms with E-state index < -0.39 is 0 Å². The number of urea groups is 1. The highest BCUT2D eigenvalue weighted by Crippen LogP contribution is 2.28. The molecule has 1 aromatic heterocycles. The van der Waals surface area contributed by atoms with Gasteiger partial charge < -0.3 is 14.7 Å². The second kappa shape index (κ2) is 6.22. The van der Waals surface area contributed by atoms with Crippen LogP contribution in [0.15, 0.2) is 34.9 Å². The minimum atomic E-state index is -0.0219. The van der Waals surface area contributed by atoms with Crippen LogP contribution in [0, 0.1) is 13.8 Å². The number of hydrogen-bond donors (Lipinski definition) is 1. The summed E-state index contributed by atoms with van der Waals surface area (Å²) in [4.78, 5) is 14.4. The highest BCUT2D eigenvalue weighted by atomic mass is 16.5. The molecule has 1 saturated carbocycles. The zero-order chi connectivity index (χ0) is 15.5. The first-order chi connectivity index (χ1) is 10.6. The SMILES string of the molecule is Cc1noc(C)c1CNC(=O)N(Cc1ccccc1)C1CC1. The number of aromatic nitrogens is 1. The van der Waals surface area contributed by atoms with Gasteiger partial charge in [0.05, 0.1) is 5.69 Å². The van der Waals surface area contributed by atoms with Gasteiger partial charge in [-0.3, -0.25) is 0 Å². The van der Waals surface area contributed by atoms with Crippen LogP contribution in [-0.4, -0.2) is 22.1 Å². The van der Waals surface area contributed by atoms with E-state index in [-0.39, 0.29) is 6.03 Å². The molecular formula is C17H21N3O2. The molecule has 5 nitrogen and oxygen atoms in total. The Kier molecular flexibility index (Phi) is 4.13. The standard InChI is InChI=1S/C17H21N3O2/c1-12-16(13(2)22-19-12)10-18-17(21)20(15-8-9-15)11-14-6-4-3-5-7-14/h3-7,15H,8-11H2,1-2H3,(H,18,21). The molecule has 0 bridgehead atoms. The lowest BCUT2D eigenvalue weighted by Crippen LogP contribution is -2.40. The molecule has 1 aliphatic carbocycles. The fourth-order valence-corrected chi connectivity index (χ4v) is 2.55. The van der Waals surface area contributed by atoms with Gasteiger partial charge in [-0.1, -0.05) is 35.5 Å². The summed E-state index contributed by atoms with van der Waals surface area (Å²) in [5.74, 6) is 0.763. The molecule has 2 aromatic rings. The van der Waals surface area contributed by atoms with Crippen molar-refractivity contribution in [2.24, 2.45) is 0 Å². The molecule has 1 N–H and O–H groups in total. The minimum absolute atomic E-state index is 0.0219. The molecule has 22 heavy (non-hydrogen) atoms. The fraction of sp³-hybridized carbons (Fsp3) is 0.412. The zero-order valence-corrected chi connectivity index (χ0v) is 13.0. The van der Waals surface area contributed by atoms with E-state index >= 15 is 0 Å². The molecule has 1 aliphatic rings. The molecule has 0 atom stereocenters. The van der Waals surface area contributed by atoms with Crippen LogP contribution in [0.5, 0.6) is 0 Å². The third kappa shape index (κ3) is 3.30. The van der Waals surface area contributed by atoms with E-state index in [1.165, 1.54) is 0 Å². The summed E-state index contributed by atoms with van der Waals surface area (Å²) in [5, 5.41) is 6.91. The first-order valence-electron chi connectivity index (χ1n) is 7.65. The van der Waals surface area contributed by atoms with Crippen LogP contribution in [0.4, 0.5) is 4.79 Å². The fourth-order valence-electron chi connectivity index (χ4n) is 2.55. The number of carbonyl (C=O) groups excluding carboxylic acids is 1. The molecule has 0 saturated heterocycles. The smallest absolute Gasteiger partial charge is 0.318 e. The number of carbonyl (C=O) groups is 1. The van der Waals surface area contributed by atoms with Crippen molar-refractivity contribution in [3.63, 3.8) is 0 Å². The van der Waals surface area contributed by atoms with Gasteiger partial charge in [0.25, 0.3) is 0 Å². The van der Waals surface area contributed by atoms with Gasteiger partial charge in [-0.15, -0.1) is 0 Å². The average Bonchev–Trinajstić information content (AvgIpc) is 3.31. The van der Waals surface area contributed by atoms with Gasteiger partial charge >= 0.3 is 6.03 Å². The quantitative estimate of drug-likeness (QED) is 0.922. The van der Waals surface area contributed by atoms with Crippen LogP contribution in [-0.2, 0) is 13.1 Å². The van der Waals surface area contributed by atoms with Crippen LogP contribution in [0.1, 0.15) is 35.4 Å². The summed E-state index contributed by atoms with van der Waals surface area (Å²) in [6.45, 7) is 4.86. The summed E-state index contributed by atoms with van der Waals surface area (Å²) in [7, 11) is 0. The number of amides is 2. The van der Waals surface area contributed by atoms with Crippen molar-refractivity contribution in [2.75, 3.05) is 0 Å². The van der Waals surface area contributed by atoms with Crippen molar-refractivity contribution in [1.29, 1.82) is 0 Å². The van der Waals surface area contributed by atoms with E-state index in [2.05, 4.69) is 22.6 Å². The largest absolute Gasteiger partial charge is 0.361 e. The summed E-state index contributed by atoms with van der Waals surface area (Å²) in [6.07, 6.45) is 2.18. The Morgan fingerprint density at radius 3 is 2.64 bits per heavy atom. The van der Waals surface area contributed by atoms with Gasteiger partial charge in [-0.25, -0.2) is 4.79 Å². The number of benzene rings is 1. The Hall–Kier alpha value is -2.30. The van der Waals surface area contributed by atoms with E-state index in [1.807, 2.05) is 36.9 Å². The predicted octanol–water partition coefficient (Wildman–Crippen LogP) is 3.17. The lowest BCUT2D eigenvalue weighted by Gasteiger charge is -2.23. The summed E-state index contributed by atoms with van der Waals surface area (Å²) < 4.78 is 5.13. The van der Waals surface area contributed by atoms with Crippen LogP contribution in [0.25, 0.3) is 0 Å². The zero-order valence-electron chi connectivity index (χ0n) is 13.0. The van der Waals surface area contributed by atoms with Gasteiger partial charge in [0.2, 0.25) is 0 Å². The predicted molar refractivity (Wildman–Crippen MR) is 83.2 cm³/mol. The van der Waals surface area contributed by atoms with Crippen molar-refractivity contribution < 1.29 is 9.32 Å². The van der Waals surface area contributed by atoms with E-state index in [0.29, 0.717) is 19.1 Å². The highest BCUT2D eigenvalue weighted by Gasteiger charge is 2.32. The molecule has 0 radical (unpaired) electrons. The third-order valence-corrected chi connectivity index (χ3v) is 4.04. The van der Waals surface area contributed by atoms with Gasteiger partial charge in [0, 0.05) is 24.7 Å². The third-order valence-electron chi connectivity index (χ3n) is 4.04. The molecule has 0 aliphatic heterocycles. The molecule has 0 unspecified atom stereocenters. The van der Waals surface area contributed by atoms with Crippen molar-refractivity contribution >= 4 is 6.03 Å². The summed E-state index contributed by atoms with van der Waals surface area (Å²) >= 11 is 0. The summed E-state index contributed by atoms with van der Waals surface area (Å²) in [6, 6.07) is 10.4. The van der Waals surface area contributed by atoms with E-state index in [4.69, 9.17) is 4.52 Å². The number of aryl methyl sites for hydroxylation is 2. The maximum absolute atomic E-state index is 12.5. The lowest BCUT2D eigenvalue weighted by atomic mass is 10.2. The Morgan fingerprint density at radius 2 is 2.05 bits per heavy atom. The number of rotatable bonds is 5. The molecule has 5 heteroatoms. The first-order valence-corrected chi connectivity index (χ1v) is 7.65. The molecule has 116 valence electrons. The molecule has 1 aromatic carbocycles. The molecule has 1 heterocycles. The van der Waals surface area contributed by atoms with Crippen molar-refractivity contribution in [3.8, 4) is 0 Å². The topological polar surface area (TPSA) is 58.4 Å². The van der Waals surface area contributed by atoms with Crippen molar-refractivity contribution in [1.82, 2.24) is 15.4 Å². The second-order valence-electron chi connectivity index (χ2n) is 5.81. The molecule has 2 amide bonds. The van der Waals surface area contributed by atoms with Gasteiger partial charge in [0.15, 0.2) is 0 Å². The van der Waals surface area contributed by atoms with Crippen molar-refractivity contribution in [3.05, 3.63) is 52.9 Å². The van der Waals surface area contributed by atoms with E-state index in [9.17, 15) is 4.79 Å². The Morgan fingerprint density at radius 1 is 1.32 bits per heavy atom. The van der Waals surface area contributed by atoms with Crippen LogP contribution >= 0.6 is 0 Å². The monoisotopic (exact) mass is 299 g/mol. The maximum atomic E-state index is 12.5. The number of nitrogens with one attached hydrogen (secondary N) is 1. The van der Waals surface area contributed by atoms with E-state index in [1.54, 1.807) is 0 Å². The van der Waals surface area contributed by atoms with Crippen LogP contribution in [0.2, 0.25) is 0 Å². The Labute approximate surface area is 130 Å². The minimum Gasteiger partial charge on any atom is -0.361 e. The normalized spacial score (nSPS) is 13.9. The maximum Gasteiger partial charge on any atom is 0.318 e. The van der Waals surface area contributed by atoms with Gasteiger partial charge in [0.1, 0.15) is 5.76 Å². The van der Waals surface area contributed by atoms with E-state index in [0.717, 1.165) is 35.4 Å². The van der Waals surface area contributed by atoms with Gasteiger partial charge in [-0.05, 0) is 32.3 Å². The molecule has 0 spiro atoms. The molecular weight excluding hydrogens is 278 g/mol. The molecule has 1 fully saturated rings. The Balaban J connectivity index is 1.63. The first kappa shape index (κ1) is 14.6. The number of nitrogens with zero attached hydrogens (tertiary/aromatic N) is 2. The Bertz CT molecular complexity index is 628.